The molecule has 1 rings (SSSR count). The van der Waals surface area contributed by atoms with Crippen LogP contribution in [0.5, 0.6) is 5.75 Å². The molecular weight excluding hydrogens is 228 g/mol. The topological polar surface area (TPSA) is 78.4 Å². The molecule has 78 valence electrons. The van der Waals surface area contributed by atoms with E-state index >= 15 is 0 Å². The Morgan fingerprint density at radius 1 is 1.43 bits per heavy atom. The second kappa shape index (κ2) is 4.04. The summed E-state index contributed by atoms with van der Waals surface area (Å²) in [4.78, 5) is 0. The van der Waals surface area contributed by atoms with E-state index in [9.17, 15) is 13.5 Å². The van der Waals surface area contributed by atoms with Gasteiger partial charge < -0.3 is 5.11 Å². The van der Waals surface area contributed by atoms with Crippen LogP contribution in [0.15, 0.2) is 18.2 Å². The van der Waals surface area contributed by atoms with Crippen molar-refractivity contribution in [3.05, 3.63) is 23.2 Å². The lowest BCUT2D eigenvalue weighted by Crippen LogP contribution is -2.26. The Labute approximate surface area is 86.9 Å². The maximum absolute atomic E-state index is 11.0. The molecule has 0 radical (unpaired) electrons. The number of anilines is 1. The minimum Gasteiger partial charge on any atom is -0.506 e. The zero-order valence-electron chi connectivity index (χ0n) is 7.28. The highest BCUT2D eigenvalue weighted by atomic mass is 35.5. The summed E-state index contributed by atoms with van der Waals surface area (Å²) in [6.45, 7) is 0. The van der Waals surface area contributed by atoms with Gasteiger partial charge in [0.25, 0.3) is 10.2 Å². The maximum Gasteiger partial charge on any atom is 0.298 e. The summed E-state index contributed by atoms with van der Waals surface area (Å²) >= 11 is 5.54. The van der Waals surface area contributed by atoms with Gasteiger partial charge in [0.1, 0.15) is 5.75 Å². The van der Waals surface area contributed by atoms with Crippen LogP contribution in [0.1, 0.15) is 0 Å². The number of phenolic OH excluding ortho intramolecular Hbond substituents is 1. The SMILES string of the molecule is CNS(=O)(=O)Nc1ccc(Cl)c(O)c1. The number of hydrogen-bond donors (Lipinski definition) is 3. The summed E-state index contributed by atoms with van der Waals surface area (Å²) in [5.74, 6) is -0.178. The molecule has 1 aromatic carbocycles. The fourth-order valence-electron chi connectivity index (χ4n) is 0.782. The highest BCUT2D eigenvalue weighted by Gasteiger charge is 2.07. The van der Waals surface area contributed by atoms with E-state index in [1.54, 1.807) is 0 Å². The molecule has 0 saturated heterocycles. The van der Waals surface area contributed by atoms with Gasteiger partial charge in [-0.25, -0.2) is 4.72 Å². The van der Waals surface area contributed by atoms with E-state index in [1.165, 1.54) is 25.2 Å². The van der Waals surface area contributed by atoms with Crippen LogP contribution in [-0.2, 0) is 10.2 Å². The first kappa shape index (κ1) is 11.1. The van der Waals surface area contributed by atoms with Crippen molar-refractivity contribution >= 4 is 27.5 Å². The molecule has 7 heteroatoms. The number of benzene rings is 1. The molecule has 0 aliphatic heterocycles. The molecule has 0 unspecified atom stereocenters. The van der Waals surface area contributed by atoms with Gasteiger partial charge >= 0.3 is 0 Å². The lowest BCUT2D eigenvalue weighted by Gasteiger charge is -2.06. The molecule has 0 aromatic heterocycles. The molecule has 3 N–H and O–H groups in total. The Morgan fingerprint density at radius 3 is 2.57 bits per heavy atom. The van der Waals surface area contributed by atoms with Crippen molar-refractivity contribution in [1.29, 1.82) is 0 Å². The number of hydrogen-bond acceptors (Lipinski definition) is 3. The highest BCUT2D eigenvalue weighted by Crippen LogP contribution is 2.26. The molecule has 0 saturated carbocycles. The average Bonchev–Trinajstić information content (AvgIpc) is 2.11. The quantitative estimate of drug-likeness (QED) is 0.730. The van der Waals surface area contributed by atoms with E-state index in [-0.39, 0.29) is 16.5 Å². The Kier molecular flexibility index (Phi) is 3.20. The van der Waals surface area contributed by atoms with Gasteiger partial charge in [0.15, 0.2) is 0 Å². The summed E-state index contributed by atoms with van der Waals surface area (Å²) in [5.41, 5.74) is 0.237. The molecule has 0 aliphatic carbocycles. The Bertz CT molecular complexity index is 433. The van der Waals surface area contributed by atoms with Crippen LogP contribution in [0.3, 0.4) is 0 Å². The smallest absolute Gasteiger partial charge is 0.298 e. The third-order valence-electron chi connectivity index (χ3n) is 1.47. The van der Waals surface area contributed by atoms with Crippen LogP contribution in [0.4, 0.5) is 5.69 Å². The van der Waals surface area contributed by atoms with Gasteiger partial charge in [0.2, 0.25) is 0 Å². The second-order valence-corrected chi connectivity index (χ2v) is 4.50. The summed E-state index contributed by atoms with van der Waals surface area (Å²) in [7, 11) is -2.28. The van der Waals surface area contributed by atoms with E-state index < -0.39 is 10.2 Å². The summed E-state index contributed by atoms with van der Waals surface area (Å²) in [6, 6.07) is 4.05. The zero-order valence-corrected chi connectivity index (χ0v) is 8.85. The Morgan fingerprint density at radius 2 is 2.07 bits per heavy atom. The van der Waals surface area contributed by atoms with Crippen molar-refractivity contribution in [3.63, 3.8) is 0 Å². The molecule has 1 aromatic rings. The van der Waals surface area contributed by atoms with Gasteiger partial charge in [0, 0.05) is 13.1 Å². The van der Waals surface area contributed by atoms with Crippen molar-refractivity contribution < 1.29 is 13.5 Å². The van der Waals surface area contributed by atoms with E-state index in [1.807, 2.05) is 0 Å². The molecule has 0 amide bonds. The number of rotatable bonds is 3. The normalized spacial score (nSPS) is 11.3. The van der Waals surface area contributed by atoms with Gasteiger partial charge in [0.05, 0.1) is 10.7 Å². The maximum atomic E-state index is 11.0. The predicted molar refractivity (Wildman–Crippen MR) is 54.7 cm³/mol. The van der Waals surface area contributed by atoms with Crippen LogP contribution >= 0.6 is 11.6 Å². The first-order valence-electron chi connectivity index (χ1n) is 3.64. The molecule has 0 heterocycles. The van der Waals surface area contributed by atoms with Gasteiger partial charge in [-0.2, -0.15) is 8.42 Å². The standard InChI is InChI=1S/C7H9ClN2O3S/c1-9-14(12,13)10-5-2-3-6(8)7(11)4-5/h2-4,9-11H,1H3. The van der Waals surface area contributed by atoms with Gasteiger partial charge in [-0.3, -0.25) is 4.72 Å². The lowest BCUT2D eigenvalue weighted by atomic mass is 10.3. The van der Waals surface area contributed by atoms with E-state index in [4.69, 9.17) is 11.6 Å². The number of phenols is 1. The molecule has 0 atom stereocenters. The first-order chi connectivity index (χ1) is 6.44. The van der Waals surface area contributed by atoms with Crippen molar-refractivity contribution in [2.75, 3.05) is 11.8 Å². The van der Waals surface area contributed by atoms with E-state index in [0.29, 0.717) is 0 Å². The van der Waals surface area contributed by atoms with Gasteiger partial charge in [-0.1, -0.05) is 11.6 Å². The average molecular weight is 237 g/mol. The Balaban J connectivity index is 2.94. The van der Waals surface area contributed by atoms with Crippen LogP contribution in [0, 0.1) is 0 Å². The third-order valence-corrected chi connectivity index (χ3v) is 2.83. The number of aromatic hydroxyl groups is 1. The largest absolute Gasteiger partial charge is 0.506 e. The summed E-state index contributed by atoms with van der Waals surface area (Å²) in [6.07, 6.45) is 0. The van der Waals surface area contributed by atoms with Crippen molar-refractivity contribution in [1.82, 2.24) is 4.72 Å². The van der Waals surface area contributed by atoms with Crippen LogP contribution in [0.2, 0.25) is 5.02 Å². The van der Waals surface area contributed by atoms with E-state index in [0.717, 1.165) is 0 Å². The fraction of sp³-hybridized carbons (Fsp3) is 0.143. The molecule has 0 bridgehead atoms. The van der Waals surface area contributed by atoms with Crippen LogP contribution in [0.25, 0.3) is 0 Å². The summed E-state index contributed by atoms with van der Waals surface area (Å²) < 4.78 is 26.3. The molecule has 0 spiro atoms. The summed E-state index contributed by atoms with van der Waals surface area (Å²) in [5, 5.41) is 9.35. The van der Waals surface area contributed by atoms with Gasteiger partial charge in [-0.15, -0.1) is 0 Å². The second-order valence-electron chi connectivity index (χ2n) is 2.48. The van der Waals surface area contributed by atoms with Crippen molar-refractivity contribution in [3.8, 4) is 5.75 Å². The Hall–Kier alpha value is -0.980. The minimum atomic E-state index is -3.56. The van der Waals surface area contributed by atoms with Crippen molar-refractivity contribution in [2.24, 2.45) is 0 Å². The first-order valence-corrected chi connectivity index (χ1v) is 5.50. The number of nitrogens with one attached hydrogen (secondary N) is 2. The molecular formula is C7H9ClN2O3S. The van der Waals surface area contributed by atoms with Crippen LogP contribution < -0.4 is 9.44 Å². The monoisotopic (exact) mass is 236 g/mol. The lowest BCUT2D eigenvalue weighted by molar-refractivity contribution is 0.476. The minimum absolute atomic E-state index is 0.164. The molecule has 5 nitrogen and oxygen atoms in total. The zero-order chi connectivity index (χ0) is 10.8. The third kappa shape index (κ3) is 2.76. The van der Waals surface area contributed by atoms with E-state index in [2.05, 4.69) is 9.44 Å². The van der Waals surface area contributed by atoms with Gasteiger partial charge in [-0.05, 0) is 12.1 Å². The number of halogens is 1. The van der Waals surface area contributed by atoms with Crippen LogP contribution in [-0.4, -0.2) is 20.6 Å². The van der Waals surface area contributed by atoms with Crippen molar-refractivity contribution in [2.45, 2.75) is 0 Å². The fourth-order valence-corrected chi connectivity index (χ4v) is 1.44. The molecule has 14 heavy (non-hydrogen) atoms. The predicted octanol–water partition coefficient (Wildman–Crippen LogP) is 0.922. The highest BCUT2D eigenvalue weighted by molar-refractivity contribution is 7.90. The molecule has 0 aliphatic rings. The molecule has 0 fully saturated rings.